The number of nitrogens with zero attached hydrogens (tertiary/aromatic N) is 2. The van der Waals surface area contributed by atoms with Crippen molar-refractivity contribution < 1.29 is 13.6 Å². The number of aromatic nitrogens is 2. The van der Waals surface area contributed by atoms with Gasteiger partial charge in [0.15, 0.2) is 0 Å². The maximum atomic E-state index is 11.9. The van der Waals surface area contributed by atoms with Crippen LogP contribution in [-0.4, -0.2) is 16.1 Å². The molecule has 3 rings (SSSR count). The van der Waals surface area contributed by atoms with Crippen LogP contribution in [0.1, 0.15) is 27.9 Å². The molecule has 0 spiro atoms. The fraction of sp³-hybridized carbons (Fsp3) is 0.133. The van der Waals surface area contributed by atoms with E-state index < -0.39 is 5.91 Å². The number of carbonyl (C=O) groups is 1. The van der Waals surface area contributed by atoms with E-state index in [-0.39, 0.29) is 12.4 Å². The molecule has 0 saturated carbocycles. The van der Waals surface area contributed by atoms with Crippen molar-refractivity contribution in [1.82, 2.24) is 15.5 Å². The first-order valence-electron chi connectivity index (χ1n) is 6.48. The number of hydrogen-bond acceptors (Lipinski definition) is 5. The van der Waals surface area contributed by atoms with Gasteiger partial charge in [0.05, 0.1) is 19.2 Å². The molecule has 0 radical (unpaired) electrons. The van der Waals surface area contributed by atoms with Gasteiger partial charge in [0.1, 0.15) is 5.76 Å². The highest BCUT2D eigenvalue weighted by atomic mass is 16.4. The van der Waals surface area contributed by atoms with Gasteiger partial charge < -0.3 is 14.2 Å². The Morgan fingerprint density at radius 1 is 1.10 bits per heavy atom. The number of nitrogens with one attached hydrogen (secondary N) is 1. The average molecular weight is 283 g/mol. The second-order valence-corrected chi connectivity index (χ2v) is 4.43. The summed E-state index contributed by atoms with van der Waals surface area (Å²) in [5, 5.41) is 10.3. The van der Waals surface area contributed by atoms with Crippen molar-refractivity contribution >= 4 is 5.91 Å². The summed E-state index contributed by atoms with van der Waals surface area (Å²) < 4.78 is 10.5. The molecule has 0 atom stereocenters. The van der Waals surface area contributed by atoms with Crippen LogP contribution >= 0.6 is 0 Å². The number of benzene rings is 1. The molecule has 0 fully saturated rings. The van der Waals surface area contributed by atoms with Crippen LogP contribution in [0.3, 0.4) is 0 Å². The standard InChI is InChI=1S/C15H13N3O3/c19-14(16-10-12-7-4-8-20-12)15-18-17-13(21-15)9-11-5-2-1-3-6-11/h1-8H,9-10H2,(H,16,19). The summed E-state index contributed by atoms with van der Waals surface area (Å²) in [6, 6.07) is 13.2. The van der Waals surface area contributed by atoms with Gasteiger partial charge in [0.2, 0.25) is 5.89 Å². The number of rotatable bonds is 5. The lowest BCUT2D eigenvalue weighted by molar-refractivity contribution is 0.0911. The van der Waals surface area contributed by atoms with Crippen LogP contribution in [0, 0.1) is 0 Å². The molecular formula is C15H13N3O3. The van der Waals surface area contributed by atoms with Crippen LogP contribution < -0.4 is 5.32 Å². The number of carbonyl (C=O) groups excluding carboxylic acids is 1. The van der Waals surface area contributed by atoms with Crippen molar-refractivity contribution in [2.24, 2.45) is 0 Å². The molecule has 0 saturated heterocycles. The molecule has 6 nitrogen and oxygen atoms in total. The summed E-state index contributed by atoms with van der Waals surface area (Å²) in [6.07, 6.45) is 2.05. The molecule has 6 heteroatoms. The van der Waals surface area contributed by atoms with Gasteiger partial charge in [-0.05, 0) is 17.7 Å². The Morgan fingerprint density at radius 3 is 2.71 bits per heavy atom. The number of amides is 1. The van der Waals surface area contributed by atoms with E-state index in [0.717, 1.165) is 5.56 Å². The second-order valence-electron chi connectivity index (χ2n) is 4.43. The SMILES string of the molecule is O=C(NCc1ccco1)c1nnc(Cc2ccccc2)o1. The van der Waals surface area contributed by atoms with E-state index in [1.54, 1.807) is 18.4 Å². The van der Waals surface area contributed by atoms with E-state index in [1.807, 2.05) is 30.3 Å². The smallest absolute Gasteiger partial charge is 0.309 e. The largest absolute Gasteiger partial charge is 0.467 e. The third-order valence-corrected chi connectivity index (χ3v) is 2.86. The topological polar surface area (TPSA) is 81.2 Å². The van der Waals surface area contributed by atoms with Crippen molar-refractivity contribution in [3.05, 3.63) is 71.8 Å². The number of furan rings is 1. The molecule has 1 N–H and O–H groups in total. The summed E-state index contributed by atoms with van der Waals surface area (Å²) in [4.78, 5) is 11.9. The number of hydrogen-bond donors (Lipinski definition) is 1. The van der Waals surface area contributed by atoms with Crippen LogP contribution in [0.2, 0.25) is 0 Å². The van der Waals surface area contributed by atoms with Crippen LogP contribution in [0.4, 0.5) is 0 Å². The van der Waals surface area contributed by atoms with Gasteiger partial charge in [0.25, 0.3) is 0 Å². The van der Waals surface area contributed by atoms with Crippen molar-refractivity contribution in [3.63, 3.8) is 0 Å². The van der Waals surface area contributed by atoms with Gasteiger partial charge in [0, 0.05) is 0 Å². The Labute approximate surface area is 120 Å². The normalized spacial score (nSPS) is 10.5. The molecule has 1 amide bonds. The molecule has 1 aromatic carbocycles. The average Bonchev–Trinajstić information content (AvgIpc) is 3.17. The van der Waals surface area contributed by atoms with Crippen LogP contribution in [0.25, 0.3) is 0 Å². The summed E-state index contributed by atoms with van der Waals surface area (Å²) in [7, 11) is 0. The monoisotopic (exact) mass is 283 g/mol. The van der Waals surface area contributed by atoms with E-state index in [2.05, 4.69) is 15.5 Å². The van der Waals surface area contributed by atoms with Gasteiger partial charge >= 0.3 is 11.8 Å². The van der Waals surface area contributed by atoms with Gasteiger partial charge in [-0.25, -0.2) is 0 Å². The molecule has 0 aliphatic carbocycles. The van der Waals surface area contributed by atoms with Crippen LogP contribution in [0.15, 0.2) is 57.6 Å². The maximum Gasteiger partial charge on any atom is 0.309 e. The first-order valence-corrected chi connectivity index (χ1v) is 6.48. The summed E-state index contributed by atoms with van der Waals surface area (Å²) in [5.74, 6) is 0.599. The Hall–Kier alpha value is -2.89. The Morgan fingerprint density at radius 2 is 1.95 bits per heavy atom. The highest BCUT2D eigenvalue weighted by Gasteiger charge is 2.15. The molecule has 0 aliphatic rings. The van der Waals surface area contributed by atoms with Gasteiger partial charge in [-0.15, -0.1) is 10.2 Å². The molecule has 0 unspecified atom stereocenters. The molecule has 3 aromatic rings. The predicted molar refractivity (Wildman–Crippen MR) is 73.4 cm³/mol. The van der Waals surface area contributed by atoms with Crippen molar-refractivity contribution in [1.29, 1.82) is 0 Å². The zero-order chi connectivity index (χ0) is 14.5. The first kappa shape index (κ1) is 13.1. The van der Waals surface area contributed by atoms with Crippen molar-refractivity contribution in [2.75, 3.05) is 0 Å². The Bertz CT molecular complexity index is 705. The first-order chi connectivity index (χ1) is 10.3. The Kier molecular flexibility index (Phi) is 3.77. The third kappa shape index (κ3) is 3.36. The van der Waals surface area contributed by atoms with E-state index >= 15 is 0 Å². The zero-order valence-corrected chi connectivity index (χ0v) is 11.2. The molecular weight excluding hydrogens is 270 g/mol. The third-order valence-electron chi connectivity index (χ3n) is 2.86. The van der Waals surface area contributed by atoms with Crippen LogP contribution in [0.5, 0.6) is 0 Å². The van der Waals surface area contributed by atoms with Crippen LogP contribution in [-0.2, 0) is 13.0 Å². The molecule has 0 bridgehead atoms. The lowest BCUT2D eigenvalue weighted by atomic mass is 10.2. The lowest BCUT2D eigenvalue weighted by Gasteiger charge is -1.98. The summed E-state index contributed by atoms with van der Waals surface area (Å²) >= 11 is 0. The minimum Gasteiger partial charge on any atom is -0.467 e. The lowest BCUT2D eigenvalue weighted by Crippen LogP contribution is -2.22. The quantitative estimate of drug-likeness (QED) is 0.776. The highest BCUT2D eigenvalue weighted by molar-refractivity contribution is 5.89. The summed E-state index contributed by atoms with van der Waals surface area (Å²) in [6.45, 7) is 0.280. The van der Waals surface area contributed by atoms with E-state index in [9.17, 15) is 4.79 Å². The van der Waals surface area contributed by atoms with Gasteiger partial charge in [-0.1, -0.05) is 30.3 Å². The van der Waals surface area contributed by atoms with E-state index in [1.165, 1.54) is 0 Å². The van der Waals surface area contributed by atoms with Crippen molar-refractivity contribution in [2.45, 2.75) is 13.0 Å². The minimum absolute atomic E-state index is 0.0486. The van der Waals surface area contributed by atoms with Crippen molar-refractivity contribution in [3.8, 4) is 0 Å². The highest BCUT2D eigenvalue weighted by Crippen LogP contribution is 2.08. The van der Waals surface area contributed by atoms with Gasteiger partial charge in [-0.3, -0.25) is 4.79 Å². The second kappa shape index (κ2) is 6.04. The molecule has 2 heterocycles. The molecule has 2 aromatic heterocycles. The fourth-order valence-electron chi connectivity index (χ4n) is 1.84. The van der Waals surface area contributed by atoms with E-state index in [0.29, 0.717) is 18.1 Å². The van der Waals surface area contributed by atoms with Gasteiger partial charge in [-0.2, -0.15) is 0 Å². The van der Waals surface area contributed by atoms with E-state index in [4.69, 9.17) is 8.83 Å². The zero-order valence-electron chi connectivity index (χ0n) is 11.2. The molecule has 0 aliphatic heterocycles. The molecule has 21 heavy (non-hydrogen) atoms. The summed E-state index contributed by atoms with van der Waals surface area (Å²) in [5.41, 5.74) is 1.05. The Balaban J connectivity index is 1.60. The minimum atomic E-state index is -0.418. The predicted octanol–water partition coefficient (Wildman–Crippen LogP) is 2.18. The maximum absolute atomic E-state index is 11.9. The fourth-order valence-corrected chi connectivity index (χ4v) is 1.84. The molecule has 106 valence electrons.